The average molecular weight is 479 g/mol. The Balaban J connectivity index is 1.77. The lowest BCUT2D eigenvalue weighted by Gasteiger charge is -2.20. The largest absolute Gasteiger partial charge is 0.348 e. The molecule has 0 spiro atoms. The number of nitro groups is 1. The van der Waals surface area contributed by atoms with Crippen molar-refractivity contribution in [3.8, 4) is 0 Å². The number of halogens is 1. The predicted octanol–water partition coefficient (Wildman–Crippen LogP) is 4.76. The lowest BCUT2D eigenvalue weighted by molar-refractivity contribution is -0.384. The van der Waals surface area contributed by atoms with Crippen LogP contribution in [0.25, 0.3) is 0 Å². The van der Waals surface area contributed by atoms with Crippen LogP contribution in [0.15, 0.2) is 66.7 Å². The van der Waals surface area contributed by atoms with Crippen molar-refractivity contribution >= 4 is 23.2 Å². The van der Waals surface area contributed by atoms with E-state index in [4.69, 9.17) is 0 Å². The Bertz CT molecular complexity index is 1210. The van der Waals surface area contributed by atoms with Crippen LogP contribution in [0.2, 0.25) is 0 Å². The monoisotopic (exact) mass is 478 g/mol. The Morgan fingerprint density at radius 3 is 2.20 bits per heavy atom. The molecule has 0 unspecified atom stereocenters. The lowest BCUT2D eigenvalue weighted by atomic mass is 10.1. The minimum absolute atomic E-state index is 0.0369. The molecule has 0 bridgehead atoms. The van der Waals surface area contributed by atoms with Crippen molar-refractivity contribution < 1.29 is 18.9 Å². The van der Waals surface area contributed by atoms with E-state index in [-0.39, 0.29) is 29.0 Å². The maximum absolute atomic E-state index is 13.1. The molecule has 0 aliphatic heterocycles. The summed E-state index contributed by atoms with van der Waals surface area (Å²) in [5.74, 6) is -1.58. The van der Waals surface area contributed by atoms with Crippen LogP contribution in [0.1, 0.15) is 45.7 Å². The van der Waals surface area contributed by atoms with Crippen LogP contribution in [0, 0.1) is 15.9 Å². The molecule has 2 N–H and O–H groups in total. The van der Waals surface area contributed by atoms with Crippen molar-refractivity contribution in [1.29, 1.82) is 0 Å². The van der Waals surface area contributed by atoms with Gasteiger partial charge >= 0.3 is 0 Å². The molecule has 3 aromatic rings. The molecule has 0 fully saturated rings. The van der Waals surface area contributed by atoms with Gasteiger partial charge in [0.25, 0.3) is 17.5 Å². The zero-order valence-electron chi connectivity index (χ0n) is 19.6. The molecular weight excluding hydrogens is 451 g/mol. The molecule has 3 rings (SSSR count). The van der Waals surface area contributed by atoms with Crippen molar-refractivity contribution in [2.45, 2.75) is 26.9 Å². The number of hydrogen-bond donors (Lipinski definition) is 2. The molecule has 0 saturated heterocycles. The van der Waals surface area contributed by atoms with Gasteiger partial charge in [0.1, 0.15) is 5.82 Å². The molecule has 0 aliphatic rings. The van der Waals surface area contributed by atoms with Crippen molar-refractivity contribution in [1.82, 2.24) is 10.2 Å². The Hall–Kier alpha value is -4.11. The first-order valence-corrected chi connectivity index (χ1v) is 11.2. The first-order chi connectivity index (χ1) is 16.8. The van der Waals surface area contributed by atoms with Crippen LogP contribution >= 0.6 is 0 Å². The number of amides is 2. The highest BCUT2D eigenvalue weighted by atomic mass is 19.1. The third-order valence-corrected chi connectivity index (χ3v) is 5.60. The molecule has 8 nitrogen and oxygen atoms in total. The van der Waals surface area contributed by atoms with Crippen LogP contribution in [0.5, 0.6) is 0 Å². The van der Waals surface area contributed by atoms with Gasteiger partial charge in [-0.1, -0.05) is 38.1 Å². The first kappa shape index (κ1) is 25.5. The number of nitro benzene ring substituents is 1. The topological polar surface area (TPSA) is 105 Å². The standard InChI is InChI=1S/C26H27FN4O4/c1-3-30(4-2)17-20-8-6-5-7-19(20)16-28-25(32)21-13-23(15-24(14-21)31(34)35)29-26(33)18-9-11-22(27)12-10-18/h5-15H,3-4,16-17H2,1-2H3,(H,28,32)(H,29,33). The second-order valence-electron chi connectivity index (χ2n) is 7.90. The summed E-state index contributed by atoms with van der Waals surface area (Å²) >= 11 is 0. The highest BCUT2D eigenvalue weighted by Crippen LogP contribution is 2.22. The minimum Gasteiger partial charge on any atom is -0.348 e. The zero-order valence-corrected chi connectivity index (χ0v) is 19.6. The summed E-state index contributed by atoms with van der Waals surface area (Å²) in [6, 6.07) is 16.3. The fourth-order valence-corrected chi connectivity index (χ4v) is 3.57. The molecule has 182 valence electrons. The van der Waals surface area contributed by atoms with Crippen molar-refractivity contribution in [3.63, 3.8) is 0 Å². The number of nitrogens with zero attached hydrogens (tertiary/aromatic N) is 2. The van der Waals surface area contributed by atoms with Crippen molar-refractivity contribution in [2.75, 3.05) is 18.4 Å². The van der Waals surface area contributed by atoms with Gasteiger partial charge in [-0.2, -0.15) is 0 Å². The second kappa shape index (κ2) is 11.8. The van der Waals surface area contributed by atoms with Crippen LogP contribution in [-0.2, 0) is 13.1 Å². The molecule has 0 atom stereocenters. The molecule has 35 heavy (non-hydrogen) atoms. The summed E-state index contributed by atoms with van der Waals surface area (Å²) in [4.78, 5) is 38.4. The third-order valence-electron chi connectivity index (χ3n) is 5.60. The summed E-state index contributed by atoms with van der Waals surface area (Å²) in [6.45, 7) is 6.96. The van der Waals surface area contributed by atoms with Crippen molar-refractivity contribution in [2.24, 2.45) is 0 Å². The SMILES string of the molecule is CCN(CC)Cc1ccccc1CNC(=O)c1cc(NC(=O)c2ccc(F)cc2)cc([N+](=O)[O-])c1. The van der Waals surface area contributed by atoms with Crippen LogP contribution in [0.4, 0.5) is 15.8 Å². The van der Waals surface area contributed by atoms with Crippen LogP contribution < -0.4 is 10.6 Å². The van der Waals surface area contributed by atoms with E-state index in [0.29, 0.717) is 0 Å². The molecule has 0 aliphatic carbocycles. The Labute approximate surface area is 202 Å². The van der Waals surface area contributed by atoms with E-state index < -0.39 is 22.6 Å². The quantitative estimate of drug-likeness (QED) is 0.323. The van der Waals surface area contributed by atoms with Gasteiger partial charge in [-0.15, -0.1) is 0 Å². The number of benzene rings is 3. The highest BCUT2D eigenvalue weighted by Gasteiger charge is 2.17. The summed E-state index contributed by atoms with van der Waals surface area (Å²) in [5.41, 5.74) is 1.99. The van der Waals surface area contributed by atoms with E-state index in [0.717, 1.165) is 55.0 Å². The fraction of sp³-hybridized carbons (Fsp3) is 0.231. The summed E-state index contributed by atoms with van der Waals surface area (Å²) in [6.07, 6.45) is 0. The van der Waals surface area contributed by atoms with E-state index in [1.807, 2.05) is 24.3 Å². The molecule has 0 radical (unpaired) electrons. The van der Waals surface area contributed by atoms with Crippen LogP contribution in [-0.4, -0.2) is 34.7 Å². The molecular formula is C26H27FN4O4. The molecule has 0 saturated carbocycles. The number of nitrogens with one attached hydrogen (secondary N) is 2. The number of rotatable bonds is 10. The van der Waals surface area contributed by atoms with E-state index in [9.17, 15) is 24.1 Å². The first-order valence-electron chi connectivity index (χ1n) is 11.2. The Morgan fingerprint density at radius 1 is 0.914 bits per heavy atom. The summed E-state index contributed by atoms with van der Waals surface area (Å²) < 4.78 is 13.1. The number of anilines is 1. The second-order valence-corrected chi connectivity index (χ2v) is 7.90. The Morgan fingerprint density at radius 2 is 1.57 bits per heavy atom. The maximum Gasteiger partial charge on any atom is 0.272 e. The van der Waals surface area contributed by atoms with E-state index >= 15 is 0 Å². The predicted molar refractivity (Wildman–Crippen MR) is 132 cm³/mol. The van der Waals surface area contributed by atoms with Gasteiger partial charge in [0.15, 0.2) is 0 Å². The maximum atomic E-state index is 13.1. The van der Waals surface area contributed by atoms with Crippen LogP contribution in [0.3, 0.4) is 0 Å². The van der Waals surface area contributed by atoms with Gasteiger partial charge in [-0.05, 0) is 54.5 Å². The highest BCUT2D eigenvalue weighted by molar-refractivity contribution is 6.05. The molecule has 2 amide bonds. The lowest BCUT2D eigenvalue weighted by Crippen LogP contribution is -2.26. The molecule has 9 heteroatoms. The summed E-state index contributed by atoms with van der Waals surface area (Å²) in [7, 11) is 0. The minimum atomic E-state index is -0.635. The molecule has 0 heterocycles. The summed E-state index contributed by atoms with van der Waals surface area (Å²) in [5, 5.41) is 16.8. The number of non-ortho nitro benzene ring substituents is 1. The fourth-order valence-electron chi connectivity index (χ4n) is 3.57. The van der Waals surface area contributed by atoms with E-state index in [1.165, 1.54) is 18.2 Å². The number of carbonyl (C=O) groups excluding carboxylic acids is 2. The van der Waals surface area contributed by atoms with E-state index in [2.05, 4.69) is 29.4 Å². The van der Waals surface area contributed by atoms with Gasteiger partial charge in [-0.3, -0.25) is 24.6 Å². The number of carbonyl (C=O) groups is 2. The average Bonchev–Trinajstić information content (AvgIpc) is 2.86. The molecule has 0 aromatic heterocycles. The zero-order chi connectivity index (χ0) is 25.4. The molecule has 3 aromatic carbocycles. The van der Waals surface area contributed by atoms with Gasteiger partial charge < -0.3 is 10.6 Å². The van der Waals surface area contributed by atoms with Gasteiger partial charge in [0.05, 0.1) is 4.92 Å². The van der Waals surface area contributed by atoms with Gasteiger partial charge in [0, 0.05) is 42.0 Å². The van der Waals surface area contributed by atoms with Gasteiger partial charge in [-0.25, -0.2) is 4.39 Å². The normalized spacial score (nSPS) is 10.7. The number of hydrogen-bond acceptors (Lipinski definition) is 5. The van der Waals surface area contributed by atoms with E-state index in [1.54, 1.807) is 0 Å². The smallest absolute Gasteiger partial charge is 0.272 e. The van der Waals surface area contributed by atoms with Crippen molar-refractivity contribution in [3.05, 3.63) is 105 Å². The Kier molecular flexibility index (Phi) is 8.63. The third kappa shape index (κ3) is 6.94. The van der Waals surface area contributed by atoms with Gasteiger partial charge in [0.2, 0.25) is 0 Å².